The summed E-state index contributed by atoms with van der Waals surface area (Å²) in [5, 5.41) is 2.89. The molecular formula is C72H49ClN2O. The minimum absolute atomic E-state index is 0.201. The van der Waals surface area contributed by atoms with Gasteiger partial charge in [-0.15, -0.1) is 0 Å². The van der Waals surface area contributed by atoms with Crippen molar-refractivity contribution in [3.05, 3.63) is 274 Å². The fourth-order valence-corrected chi connectivity index (χ4v) is 14.2. The molecule has 16 rings (SSSR count). The molecule has 0 spiro atoms. The molecule has 6 bridgehead atoms. The van der Waals surface area contributed by atoms with E-state index >= 15 is 0 Å². The van der Waals surface area contributed by atoms with Crippen LogP contribution >= 0.6 is 11.6 Å². The third-order valence-electron chi connectivity index (χ3n) is 17.5. The summed E-state index contributed by atoms with van der Waals surface area (Å²) in [5.41, 5.74) is 28.8. The van der Waals surface area contributed by atoms with Gasteiger partial charge in [0, 0.05) is 66.3 Å². The Bertz CT molecular complexity index is 4460. The van der Waals surface area contributed by atoms with E-state index in [4.69, 9.17) is 16.0 Å². The zero-order chi connectivity index (χ0) is 50.6. The molecule has 360 valence electrons. The molecule has 1 aliphatic heterocycles. The number of anilines is 6. The van der Waals surface area contributed by atoms with Gasteiger partial charge < -0.3 is 14.2 Å². The number of hydrogen-bond donors (Lipinski definition) is 0. The van der Waals surface area contributed by atoms with Gasteiger partial charge in [0.2, 0.25) is 0 Å². The van der Waals surface area contributed by atoms with E-state index in [1.807, 2.05) is 12.1 Å². The number of halogens is 1. The number of furan rings is 1. The van der Waals surface area contributed by atoms with Gasteiger partial charge in [0.1, 0.15) is 11.2 Å². The fraction of sp³-hybridized carbons (Fsp3) is 0.0833. The maximum atomic E-state index is 7.50. The number of hydrogen-bond acceptors (Lipinski definition) is 3. The summed E-state index contributed by atoms with van der Waals surface area (Å²) in [6, 6.07) is 85.6. The molecule has 0 radical (unpaired) electrons. The molecule has 0 N–H and O–H groups in total. The van der Waals surface area contributed by atoms with Gasteiger partial charge in [-0.1, -0.05) is 183 Å². The molecule has 4 aliphatic rings. The number of nitrogens with zero attached hydrogens (tertiary/aromatic N) is 2. The van der Waals surface area contributed by atoms with Crippen LogP contribution in [0.5, 0.6) is 0 Å². The predicted molar refractivity (Wildman–Crippen MR) is 316 cm³/mol. The lowest BCUT2D eigenvalue weighted by Gasteiger charge is -2.36. The smallest absolute Gasteiger partial charge is 0.143 e. The first-order valence-corrected chi connectivity index (χ1v) is 26.8. The van der Waals surface area contributed by atoms with E-state index in [0.29, 0.717) is 5.02 Å². The zero-order valence-electron chi connectivity index (χ0n) is 42.3. The van der Waals surface area contributed by atoms with E-state index in [0.717, 1.165) is 73.6 Å². The Morgan fingerprint density at radius 2 is 0.855 bits per heavy atom. The van der Waals surface area contributed by atoms with E-state index in [1.54, 1.807) is 0 Å². The fourth-order valence-electron chi connectivity index (χ4n) is 13.9. The van der Waals surface area contributed by atoms with Crippen molar-refractivity contribution in [3.63, 3.8) is 0 Å². The van der Waals surface area contributed by atoms with Gasteiger partial charge in [0.05, 0.1) is 0 Å². The van der Waals surface area contributed by atoms with E-state index in [-0.39, 0.29) is 5.41 Å². The minimum Gasteiger partial charge on any atom is -0.455 e. The molecule has 0 fully saturated rings. The zero-order valence-corrected chi connectivity index (χ0v) is 43.1. The lowest BCUT2D eigenvalue weighted by Crippen LogP contribution is -2.25. The van der Waals surface area contributed by atoms with Crippen molar-refractivity contribution in [2.45, 2.75) is 38.0 Å². The van der Waals surface area contributed by atoms with Crippen molar-refractivity contribution >= 4 is 67.7 Å². The third kappa shape index (κ3) is 6.06. The van der Waals surface area contributed by atoms with Crippen molar-refractivity contribution in [3.8, 4) is 55.6 Å². The van der Waals surface area contributed by atoms with Gasteiger partial charge in [-0.2, -0.15) is 0 Å². The number of rotatable bonds is 4. The maximum absolute atomic E-state index is 7.50. The van der Waals surface area contributed by atoms with Gasteiger partial charge >= 0.3 is 0 Å². The highest BCUT2D eigenvalue weighted by Gasteiger charge is 2.44. The SMILES string of the molecule is CC1(C)c2ccccc2-c2ccc(N3c4cc(Cl)cc(c4)N(c4ccc(-c5cccc6c5oc5ccccc56)cc4)c4ccc5c(c4)C(C)(c4ccccc4-5)c4cc3ccc4-c3cccc4c3Cc3ccccc3-4)cc21. The van der Waals surface area contributed by atoms with Crippen LogP contribution in [-0.2, 0) is 17.3 Å². The molecule has 76 heavy (non-hydrogen) atoms. The Morgan fingerprint density at radius 3 is 1.58 bits per heavy atom. The van der Waals surface area contributed by atoms with E-state index < -0.39 is 5.41 Å². The Morgan fingerprint density at radius 1 is 0.368 bits per heavy atom. The van der Waals surface area contributed by atoms with Gasteiger partial charge in [0.15, 0.2) is 0 Å². The van der Waals surface area contributed by atoms with Gasteiger partial charge in [0.25, 0.3) is 0 Å². The summed E-state index contributed by atoms with van der Waals surface area (Å²) in [7, 11) is 0. The third-order valence-corrected chi connectivity index (χ3v) is 17.8. The molecule has 1 unspecified atom stereocenters. The Kier molecular flexibility index (Phi) is 9.05. The summed E-state index contributed by atoms with van der Waals surface area (Å²) in [5.74, 6) is 0. The standard InChI is InChI=1S/C72H49ClN2O/c1-71(2)64-23-9-6-16-56(64)59-34-31-47(40-66(59)71)75-49-30-33-58(55-21-13-20-54-52-15-5-4-14-44(52)36-63(54)55)67(42-49)72(3)65-24-10-7-17-57(65)60-35-32-48(41-68(60)72)74(50-37-45(73)38-51(75)39-50)46-28-26-43(27-29-46)53-19-12-22-62-61-18-8-11-25-69(61)76-70(53)62/h4-35,37-42H,36H2,1-3H3. The second-order valence-electron chi connectivity index (χ2n) is 21.9. The topological polar surface area (TPSA) is 19.6 Å². The first kappa shape index (κ1) is 43.5. The average Bonchev–Trinajstić information content (AvgIpc) is 4.23. The van der Waals surface area contributed by atoms with Crippen molar-refractivity contribution in [2.24, 2.45) is 0 Å². The van der Waals surface area contributed by atoms with Crippen molar-refractivity contribution < 1.29 is 4.42 Å². The number of fused-ring (bicyclic) bond motifs is 18. The first-order valence-electron chi connectivity index (χ1n) is 26.5. The lowest BCUT2D eigenvalue weighted by atomic mass is 9.71. The maximum Gasteiger partial charge on any atom is 0.143 e. The summed E-state index contributed by atoms with van der Waals surface area (Å²) in [4.78, 5) is 4.84. The molecule has 3 nitrogen and oxygen atoms in total. The Hall–Kier alpha value is -8.89. The molecule has 0 saturated carbocycles. The average molecular weight is 994 g/mol. The molecule has 1 atom stereocenters. The van der Waals surface area contributed by atoms with E-state index in [1.165, 1.54) is 83.5 Å². The molecule has 11 aromatic carbocycles. The predicted octanol–water partition coefficient (Wildman–Crippen LogP) is 20.0. The van der Waals surface area contributed by atoms with Crippen LogP contribution < -0.4 is 9.80 Å². The first-order chi connectivity index (χ1) is 37.2. The summed E-state index contributed by atoms with van der Waals surface area (Å²) >= 11 is 7.50. The van der Waals surface area contributed by atoms with E-state index in [2.05, 4.69) is 249 Å². The number of para-hydroxylation sites is 2. The van der Waals surface area contributed by atoms with Crippen LogP contribution in [0.4, 0.5) is 34.1 Å². The normalized spacial score (nSPS) is 15.9. The molecule has 1 aromatic heterocycles. The second kappa shape index (κ2) is 15.8. The second-order valence-corrected chi connectivity index (χ2v) is 22.3. The highest BCUT2D eigenvalue weighted by atomic mass is 35.5. The van der Waals surface area contributed by atoms with Crippen LogP contribution in [0.2, 0.25) is 5.02 Å². The molecule has 0 saturated heterocycles. The molecule has 3 aliphatic carbocycles. The molecular weight excluding hydrogens is 944 g/mol. The quantitative estimate of drug-likeness (QED) is 0.175. The van der Waals surface area contributed by atoms with Gasteiger partial charge in [-0.05, 0) is 175 Å². The Labute approximate surface area is 447 Å². The summed E-state index contributed by atoms with van der Waals surface area (Å²) in [6.45, 7) is 7.20. The van der Waals surface area contributed by atoms with Crippen LogP contribution in [-0.4, -0.2) is 0 Å². The monoisotopic (exact) mass is 992 g/mol. The van der Waals surface area contributed by atoms with Crippen LogP contribution in [0.25, 0.3) is 77.6 Å². The van der Waals surface area contributed by atoms with E-state index in [9.17, 15) is 0 Å². The Balaban J connectivity index is 0.958. The molecule has 0 amide bonds. The van der Waals surface area contributed by atoms with Gasteiger partial charge in [-0.3, -0.25) is 0 Å². The molecule has 2 heterocycles. The van der Waals surface area contributed by atoms with Crippen LogP contribution in [0, 0.1) is 0 Å². The van der Waals surface area contributed by atoms with Gasteiger partial charge in [-0.25, -0.2) is 0 Å². The highest BCUT2D eigenvalue weighted by molar-refractivity contribution is 6.31. The summed E-state index contributed by atoms with van der Waals surface area (Å²) < 4.78 is 6.56. The van der Waals surface area contributed by atoms with Crippen molar-refractivity contribution in [1.29, 1.82) is 0 Å². The molecule has 12 aromatic rings. The van der Waals surface area contributed by atoms with Crippen LogP contribution in [0.3, 0.4) is 0 Å². The molecule has 4 heteroatoms. The van der Waals surface area contributed by atoms with Crippen molar-refractivity contribution in [1.82, 2.24) is 0 Å². The summed E-state index contributed by atoms with van der Waals surface area (Å²) in [6.07, 6.45) is 0.892. The van der Waals surface area contributed by atoms with Crippen LogP contribution in [0.1, 0.15) is 59.7 Å². The number of benzene rings is 11. The minimum atomic E-state index is -0.569. The van der Waals surface area contributed by atoms with Crippen LogP contribution in [0.15, 0.2) is 235 Å². The largest absolute Gasteiger partial charge is 0.455 e. The van der Waals surface area contributed by atoms with Crippen molar-refractivity contribution in [2.75, 3.05) is 9.80 Å². The highest BCUT2D eigenvalue weighted by Crippen LogP contribution is 2.59. The lowest BCUT2D eigenvalue weighted by molar-refractivity contribution is 0.660.